The normalized spacial score (nSPS) is 20.0. The summed E-state index contributed by atoms with van der Waals surface area (Å²) in [6.45, 7) is 0.790. The molecule has 0 spiro atoms. The molecule has 1 aliphatic heterocycles. The van der Waals surface area contributed by atoms with Gasteiger partial charge in [0, 0.05) is 24.3 Å². The lowest BCUT2D eigenvalue weighted by Gasteiger charge is -2.23. The molecule has 0 bridgehead atoms. The highest BCUT2D eigenvalue weighted by Gasteiger charge is 2.33. The van der Waals surface area contributed by atoms with Crippen LogP contribution in [0.3, 0.4) is 0 Å². The molecular weight excluding hydrogens is 326 g/mol. The van der Waals surface area contributed by atoms with Crippen molar-refractivity contribution in [3.8, 4) is 0 Å². The molecule has 26 heavy (non-hydrogen) atoms. The average Bonchev–Trinajstić information content (AvgIpc) is 3.20. The van der Waals surface area contributed by atoms with Crippen molar-refractivity contribution in [2.24, 2.45) is 0 Å². The molecule has 132 valence electrons. The fourth-order valence-corrected chi connectivity index (χ4v) is 3.92. The molecule has 5 rings (SSSR count). The van der Waals surface area contributed by atoms with Crippen LogP contribution in [0.4, 0.5) is 0 Å². The molecule has 6 nitrogen and oxygen atoms in total. The molecule has 1 atom stereocenters. The van der Waals surface area contributed by atoms with Gasteiger partial charge in [-0.3, -0.25) is 9.78 Å². The number of fused-ring (bicyclic) bond motifs is 1. The third-order valence-electron chi connectivity index (χ3n) is 5.46. The number of aromatic nitrogens is 4. The van der Waals surface area contributed by atoms with E-state index in [1.54, 1.807) is 0 Å². The van der Waals surface area contributed by atoms with Crippen molar-refractivity contribution in [3.05, 3.63) is 54.1 Å². The zero-order chi connectivity index (χ0) is 17.5. The number of nitrogens with zero attached hydrogens (tertiary/aromatic N) is 5. The van der Waals surface area contributed by atoms with E-state index in [0.29, 0.717) is 12.5 Å². The Bertz CT molecular complexity index is 956. The van der Waals surface area contributed by atoms with Gasteiger partial charge in [0.05, 0.1) is 24.7 Å². The van der Waals surface area contributed by atoms with Crippen LogP contribution in [0.2, 0.25) is 0 Å². The molecule has 3 heterocycles. The topological polar surface area (TPSA) is 63.9 Å². The van der Waals surface area contributed by atoms with Crippen LogP contribution in [0.5, 0.6) is 0 Å². The van der Waals surface area contributed by atoms with Crippen LogP contribution in [-0.2, 0) is 11.2 Å². The van der Waals surface area contributed by atoms with Crippen LogP contribution in [0, 0.1) is 0 Å². The van der Waals surface area contributed by atoms with E-state index in [2.05, 4.69) is 21.4 Å². The minimum atomic E-state index is 0.0536. The Morgan fingerprint density at radius 2 is 2.04 bits per heavy atom. The first kappa shape index (κ1) is 15.5. The number of likely N-dealkylation sites (tertiary alicyclic amines) is 1. The summed E-state index contributed by atoms with van der Waals surface area (Å²) in [6, 6.07) is 8.66. The molecule has 3 aromatic rings. The van der Waals surface area contributed by atoms with E-state index in [-0.39, 0.29) is 11.9 Å². The van der Waals surface area contributed by atoms with E-state index in [9.17, 15) is 4.79 Å². The second-order valence-corrected chi connectivity index (χ2v) is 7.30. The average molecular weight is 347 g/mol. The molecular formula is C20H21N5O. The Morgan fingerprint density at radius 3 is 2.92 bits per heavy atom. The monoisotopic (exact) mass is 347 g/mol. The zero-order valence-corrected chi connectivity index (χ0v) is 14.6. The highest BCUT2D eigenvalue weighted by Crippen LogP contribution is 2.36. The lowest BCUT2D eigenvalue weighted by molar-refractivity contribution is -0.131. The SMILES string of the molecule is O=C(Cc1cncc2ccccc12)N1CCCC1c1cn(C2CC2)nn1. The fourth-order valence-electron chi connectivity index (χ4n) is 3.92. The lowest BCUT2D eigenvalue weighted by atomic mass is 10.0. The van der Waals surface area contributed by atoms with E-state index >= 15 is 0 Å². The number of hydrogen-bond donors (Lipinski definition) is 0. The first-order chi connectivity index (χ1) is 12.8. The second-order valence-electron chi connectivity index (χ2n) is 7.30. The Balaban J connectivity index is 1.38. The van der Waals surface area contributed by atoms with E-state index in [1.807, 2.05) is 46.4 Å². The van der Waals surface area contributed by atoms with Gasteiger partial charge in [0.1, 0.15) is 5.69 Å². The molecule has 2 aromatic heterocycles. The third kappa shape index (κ3) is 2.75. The first-order valence-electron chi connectivity index (χ1n) is 9.32. The molecule has 1 amide bonds. The molecule has 1 unspecified atom stereocenters. The fraction of sp³-hybridized carbons (Fsp3) is 0.400. The van der Waals surface area contributed by atoms with Gasteiger partial charge in [-0.05, 0) is 36.6 Å². The van der Waals surface area contributed by atoms with E-state index in [4.69, 9.17) is 0 Å². The molecule has 1 aromatic carbocycles. The number of benzene rings is 1. The van der Waals surface area contributed by atoms with Crippen molar-refractivity contribution in [1.82, 2.24) is 24.9 Å². The Hall–Kier alpha value is -2.76. The molecule has 1 saturated heterocycles. The van der Waals surface area contributed by atoms with Gasteiger partial charge in [0.15, 0.2) is 0 Å². The van der Waals surface area contributed by atoms with Crippen LogP contribution in [-0.4, -0.2) is 37.3 Å². The number of carbonyl (C=O) groups excluding carboxylic acids is 1. The first-order valence-corrected chi connectivity index (χ1v) is 9.32. The predicted molar refractivity (Wildman–Crippen MR) is 97.4 cm³/mol. The Kier molecular flexibility index (Phi) is 3.69. The molecule has 0 N–H and O–H groups in total. The van der Waals surface area contributed by atoms with Gasteiger partial charge in [-0.1, -0.05) is 29.5 Å². The maximum Gasteiger partial charge on any atom is 0.227 e. The molecule has 0 radical (unpaired) electrons. The van der Waals surface area contributed by atoms with E-state index in [1.165, 1.54) is 12.8 Å². The van der Waals surface area contributed by atoms with Crippen molar-refractivity contribution >= 4 is 16.7 Å². The van der Waals surface area contributed by atoms with Gasteiger partial charge in [-0.15, -0.1) is 5.10 Å². The Labute approximate surface area is 151 Å². The summed E-state index contributed by atoms with van der Waals surface area (Å²) in [4.78, 5) is 19.3. The number of rotatable bonds is 4. The number of pyridine rings is 1. The Morgan fingerprint density at radius 1 is 1.15 bits per heavy atom. The molecule has 2 fully saturated rings. The number of amides is 1. The minimum Gasteiger partial charge on any atom is -0.334 e. The van der Waals surface area contributed by atoms with E-state index < -0.39 is 0 Å². The van der Waals surface area contributed by atoms with Crippen LogP contribution >= 0.6 is 0 Å². The highest BCUT2D eigenvalue weighted by atomic mass is 16.2. The van der Waals surface area contributed by atoms with Crippen molar-refractivity contribution in [1.29, 1.82) is 0 Å². The van der Waals surface area contributed by atoms with Crippen molar-refractivity contribution in [2.45, 2.75) is 44.2 Å². The van der Waals surface area contributed by atoms with Gasteiger partial charge in [-0.25, -0.2) is 4.68 Å². The zero-order valence-electron chi connectivity index (χ0n) is 14.6. The summed E-state index contributed by atoms with van der Waals surface area (Å²) < 4.78 is 1.96. The summed E-state index contributed by atoms with van der Waals surface area (Å²) in [7, 11) is 0. The number of carbonyl (C=O) groups is 1. The number of hydrogen-bond acceptors (Lipinski definition) is 4. The molecule has 1 saturated carbocycles. The standard InChI is InChI=1S/C20H21N5O/c26-20(10-15-12-21-11-14-4-1-2-5-17(14)15)24-9-3-6-19(24)18-13-25(23-22-18)16-7-8-16/h1-2,4-5,11-13,16,19H,3,6-10H2. The van der Waals surface area contributed by atoms with Crippen LogP contribution in [0.1, 0.15) is 49.0 Å². The van der Waals surface area contributed by atoms with Crippen LogP contribution in [0.25, 0.3) is 10.8 Å². The molecule has 6 heteroatoms. The second kappa shape index (κ2) is 6.20. The minimum absolute atomic E-state index is 0.0536. The maximum atomic E-state index is 13.0. The van der Waals surface area contributed by atoms with Gasteiger partial charge >= 0.3 is 0 Å². The van der Waals surface area contributed by atoms with Crippen molar-refractivity contribution < 1.29 is 4.79 Å². The summed E-state index contributed by atoms with van der Waals surface area (Å²) in [6.07, 6.45) is 10.4. The summed E-state index contributed by atoms with van der Waals surface area (Å²) in [5.41, 5.74) is 1.92. The quantitative estimate of drug-likeness (QED) is 0.728. The summed E-state index contributed by atoms with van der Waals surface area (Å²) in [5.74, 6) is 0.145. The predicted octanol–water partition coefficient (Wildman–Crippen LogP) is 3.07. The van der Waals surface area contributed by atoms with Gasteiger partial charge in [0.2, 0.25) is 5.91 Å². The smallest absolute Gasteiger partial charge is 0.227 e. The van der Waals surface area contributed by atoms with Crippen molar-refractivity contribution in [3.63, 3.8) is 0 Å². The largest absolute Gasteiger partial charge is 0.334 e. The van der Waals surface area contributed by atoms with Gasteiger partial charge < -0.3 is 4.90 Å². The third-order valence-corrected chi connectivity index (χ3v) is 5.46. The molecule has 2 aliphatic rings. The summed E-state index contributed by atoms with van der Waals surface area (Å²) in [5, 5.41) is 10.8. The molecule has 1 aliphatic carbocycles. The maximum absolute atomic E-state index is 13.0. The summed E-state index contributed by atoms with van der Waals surface area (Å²) >= 11 is 0. The van der Waals surface area contributed by atoms with Crippen LogP contribution < -0.4 is 0 Å². The lowest BCUT2D eigenvalue weighted by Crippen LogP contribution is -2.32. The van der Waals surface area contributed by atoms with E-state index in [0.717, 1.165) is 41.4 Å². The van der Waals surface area contributed by atoms with Gasteiger partial charge in [0.25, 0.3) is 0 Å². The van der Waals surface area contributed by atoms with Gasteiger partial charge in [-0.2, -0.15) is 0 Å². The van der Waals surface area contributed by atoms with Crippen molar-refractivity contribution in [2.75, 3.05) is 6.54 Å². The highest BCUT2D eigenvalue weighted by molar-refractivity contribution is 5.89. The van der Waals surface area contributed by atoms with Crippen LogP contribution in [0.15, 0.2) is 42.9 Å².